The molecule has 104 valence electrons. The molecule has 2 N–H and O–H groups in total. The highest BCUT2D eigenvalue weighted by molar-refractivity contribution is 5.87. The van der Waals surface area contributed by atoms with Gasteiger partial charge in [-0.25, -0.2) is 0 Å². The molecule has 0 saturated heterocycles. The van der Waals surface area contributed by atoms with Crippen LogP contribution in [0.4, 0.5) is 5.69 Å². The normalized spacial score (nSPS) is 11.4. The first kappa shape index (κ1) is 15.3. The Bertz CT molecular complexity index is 446. The molecule has 1 amide bonds. The highest BCUT2D eigenvalue weighted by Gasteiger charge is 2.34. The standard InChI is InChI=1S/C16H24N2O/c1-6-11-18(12(2)3)15(19)16(4,5)13-7-9-14(17)10-8-13/h6-10,12H,1,11,17H2,2-5H3. The van der Waals surface area contributed by atoms with Crippen LogP contribution in [0.2, 0.25) is 0 Å². The first-order valence-corrected chi connectivity index (χ1v) is 6.58. The van der Waals surface area contributed by atoms with Crippen molar-refractivity contribution in [2.45, 2.75) is 39.2 Å². The lowest BCUT2D eigenvalue weighted by Gasteiger charge is -2.34. The van der Waals surface area contributed by atoms with E-state index < -0.39 is 5.41 Å². The summed E-state index contributed by atoms with van der Waals surface area (Å²) in [6, 6.07) is 7.65. The minimum Gasteiger partial charge on any atom is -0.399 e. The zero-order valence-corrected chi connectivity index (χ0v) is 12.3. The molecule has 3 heteroatoms. The van der Waals surface area contributed by atoms with Gasteiger partial charge in [0.25, 0.3) is 0 Å². The number of hydrogen-bond donors (Lipinski definition) is 1. The van der Waals surface area contributed by atoms with E-state index in [1.165, 1.54) is 0 Å². The average molecular weight is 260 g/mol. The van der Waals surface area contributed by atoms with Crippen molar-refractivity contribution in [2.75, 3.05) is 12.3 Å². The summed E-state index contributed by atoms with van der Waals surface area (Å²) < 4.78 is 0. The fourth-order valence-corrected chi connectivity index (χ4v) is 2.05. The second kappa shape index (κ2) is 5.91. The number of nitrogens with two attached hydrogens (primary N) is 1. The predicted octanol–water partition coefficient (Wildman–Crippen LogP) is 2.97. The number of carbonyl (C=O) groups is 1. The third kappa shape index (κ3) is 3.37. The second-order valence-electron chi connectivity index (χ2n) is 5.59. The summed E-state index contributed by atoms with van der Waals surface area (Å²) in [5, 5.41) is 0. The Morgan fingerprint density at radius 2 is 1.89 bits per heavy atom. The quantitative estimate of drug-likeness (QED) is 0.653. The molecule has 1 rings (SSSR count). The Labute approximate surface area is 116 Å². The van der Waals surface area contributed by atoms with E-state index in [4.69, 9.17) is 5.73 Å². The number of nitrogen functional groups attached to an aromatic ring is 1. The van der Waals surface area contributed by atoms with Crippen molar-refractivity contribution < 1.29 is 4.79 Å². The van der Waals surface area contributed by atoms with Crippen molar-refractivity contribution in [3.8, 4) is 0 Å². The maximum Gasteiger partial charge on any atom is 0.233 e. The molecule has 0 aromatic heterocycles. The SMILES string of the molecule is C=CCN(C(=O)C(C)(C)c1ccc(N)cc1)C(C)C. The van der Waals surface area contributed by atoms with Crippen LogP contribution in [-0.2, 0) is 10.2 Å². The highest BCUT2D eigenvalue weighted by atomic mass is 16.2. The summed E-state index contributed by atoms with van der Waals surface area (Å²) in [5.74, 6) is 0.104. The Kier molecular flexibility index (Phi) is 4.76. The van der Waals surface area contributed by atoms with Gasteiger partial charge in [-0.2, -0.15) is 0 Å². The fraction of sp³-hybridized carbons (Fsp3) is 0.438. The number of amides is 1. The summed E-state index contributed by atoms with van der Waals surface area (Å²) in [7, 11) is 0. The summed E-state index contributed by atoms with van der Waals surface area (Å²) in [4.78, 5) is 14.6. The minimum atomic E-state index is -0.568. The van der Waals surface area contributed by atoms with E-state index in [1.54, 1.807) is 6.08 Å². The molecule has 1 aromatic rings. The van der Waals surface area contributed by atoms with Crippen molar-refractivity contribution >= 4 is 11.6 Å². The fourth-order valence-electron chi connectivity index (χ4n) is 2.05. The molecule has 0 aliphatic heterocycles. The van der Waals surface area contributed by atoms with Gasteiger partial charge in [-0.3, -0.25) is 4.79 Å². The predicted molar refractivity (Wildman–Crippen MR) is 80.9 cm³/mol. The molecule has 0 heterocycles. The van der Waals surface area contributed by atoms with E-state index in [2.05, 4.69) is 6.58 Å². The average Bonchev–Trinajstić information content (AvgIpc) is 2.35. The molecular weight excluding hydrogens is 236 g/mol. The van der Waals surface area contributed by atoms with Gasteiger partial charge in [-0.15, -0.1) is 6.58 Å². The molecule has 0 unspecified atom stereocenters. The van der Waals surface area contributed by atoms with Crippen molar-refractivity contribution in [1.29, 1.82) is 0 Å². The van der Waals surface area contributed by atoms with Crippen LogP contribution in [0, 0.1) is 0 Å². The monoisotopic (exact) mass is 260 g/mol. The van der Waals surface area contributed by atoms with Crippen LogP contribution in [0.25, 0.3) is 0 Å². The largest absolute Gasteiger partial charge is 0.399 e. The zero-order chi connectivity index (χ0) is 14.6. The smallest absolute Gasteiger partial charge is 0.233 e. The first-order chi connectivity index (χ1) is 8.80. The number of rotatable bonds is 5. The number of carbonyl (C=O) groups excluding carboxylic acids is 1. The van der Waals surface area contributed by atoms with Gasteiger partial charge in [0, 0.05) is 18.3 Å². The molecule has 0 fully saturated rings. The van der Waals surface area contributed by atoms with Gasteiger partial charge in [-0.05, 0) is 45.4 Å². The summed E-state index contributed by atoms with van der Waals surface area (Å²) >= 11 is 0. The summed E-state index contributed by atoms with van der Waals surface area (Å²) in [6.45, 7) is 12.2. The van der Waals surface area contributed by atoms with Gasteiger partial charge >= 0.3 is 0 Å². The molecule has 1 aromatic carbocycles. The van der Waals surface area contributed by atoms with E-state index in [0.717, 1.165) is 5.56 Å². The maximum absolute atomic E-state index is 12.7. The van der Waals surface area contributed by atoms with Crippen molar-refractivity contribution in [2.24, 2.45) is 0 Å². The van der Waals surface area contributed by atoms with E-state index in [9.17, 15) is 4.79 Å². The minimum absolute atomic E-state index is 0.104. The second-order valence-corrected chi connectivity index (χ2v) is 5.59. The van der Waals surface area contributed by atoms with Gasteiger partial charge in [0.1, 0.15) is 0 Å². The first-order valence-electron chi connectivity index (χ1n) is 6.58. The summed E-state index contributed by atoms with van der Waals surface area (Å²) in [6.07, 6.45) is 1.76. The lowest BCUT2D eigenvalue weighted by molar-refractivity contribution is -0.137. The van der Waals surface area contributed by atoms with Crippen LogP contribution in [0.15, 0.2) is 36.9 Å². The summed E-state index contributed by atoms with van der Waals surface area (Å²) in [5.41, 5.74) is 6.81. The van der Waals surface area contributed by atoms with Crippen molar-refractivity contribution in [3.05, 3.63) is 42.5 Å². The number of anilines is 1. The van der Waals surface area contributed by atoms with Crippen LogP contribution >= 0.6 is 0 Å². The molecule has 19 heavy (non-hydrogen) atoms. The van der Waals surface area contributed by atoms with Gasteiger partial charge in [-0.1, -0.05) is 18.2 Å². The van der Waals surface area contributed by atoms with E-state index in [0.29, 0.717) is 12.2 Å². The van der Waals surface area contributed by atoms with Gasteiger partial charge in [0.15, 0.2) is 0 Å². The van der Waals surface area contributed by atoms with Crippen molar-refractivity contribution in [1.82, 2.24) is 4.90 Å². The number of benzene rings is 1. The molecule has 0 saturated carbocycles. The zero-order valence-electron chi connectivity index (χ0n) is 12.3. The van der Waals surface area contributed by atoms with Crippen LogP contribution in [0.1, 0.15) is 33.3 Å². The van der Waals surface area contributed by atoms with Gasteiger partial charge < -0.3 is 10.6 Å². The Morgan fingerprint density at radius 3 is 2.32 bits per heavy atom. The molecule has 0 bridgehead atoms. The Morgan fingerprint density at radius 1 is 1.37 bits per heavy atom. The number of nitrogens with zero attached hydrogens (tertiary/aromatic N) is 1. The van der Waals surface area contributed by atoms with Crippen LogP contribution in [0.5, 0.6) is 0 Å². The lowest BCUT2D eigenvalue weighted by atomic mass is 9.82. The topological polar surface area (TPSA) is 46.3 Å². The molecule has 0 aliphatic carbocycles. The Hall–Kier alpha value is -1.77. The molecule has 0 aliphatic rings. The molecule has 3 nitrogen and oxygen atoms in total. The number of hydrogen-bond acceptors (Lipinski definition) is 2. The Balaban J connectivity index is 3.06. The highest BCUT2D eigenvalue weighted by Crippen LogP contribution is 2.27. The third-order valence-corrected chi connectivity index (χ3v) is 3.38. The molecule has 0 radical (unpaired) electrons. The van der Waals surface area contributed by atoms with E-state index in [-0.39, 0.29) is 11.9 Å². The maximum atomic E-state index is 12.7. The van der Waals surface area contributed by atoms with Gasteiger partial charge in [0.05, 0.1) is 5.41 Å². The van der Waals surface area contributed by atoms with Crippen LogP contribution in [0.3, 0.4) is 0 Å². The van der Waals surface area contributed by atoms with Crippen LogP contribution in [-0.4, -0.2) is 23.4 Å². The third-order valence-electron chi connectivity index (χ3n) is 3.38. The lowest BCUT2D eigenvalue weighted by Crippen LogP contribution is -2.46. The van der Waals surface area contributed by atoms with E-state index in [1.807, 2.05) is 56.9 Å². The molecule has 0 spiro atoms. The molecular formula is C16H24N2O. The van der Waals surface area contributed by atoms with Crippen LogP contribution < -0.4 is 5.73 Å². The van der Waals surface area contributed by atoms with Gasteiger partial charge in [0.2, 0.25) is 5.91 Å². The van der Waals surface area contributed by atoms with E-state index >= 15 is 0 Å². The van der Waals surface area contributed by atoms with Crippen molar-refractivity contribution in [3.63, 3.8) is 0 Å². The molecule has 0 atom stereocenters.